The maximum atomic E-state index is 4.81. The maximum absolute atomic E-state index is 4.81. The van der Waals surface area contributed by atoms with Gasteiger partial charge in [0.25, 0.3) is 0 Å². The maximum Gasteiger partial charge on any atom is 0.125 e. The first-order chi connectivity index (χ1) is 9.74. The standard InChI is InChI=1S/C16H22N4/c1-12(2)5-6-14-10-16-18-9-7-15(20(16)19-14)13-4-3-8-17-11-13/h3-4,8,10-12,15,18H,5-7,9H2,1-2H3. The smallest absolute Gasteiger partial charge is 0.125 e. The van der Waals surface area contributed by atoms with Gasteiger partial charge >= 0.3 is 0 Å². The second-order valence-corrected chi connectivity index (χ2v) is 5.92. The molecule has 0 radical (unpaired) electrons. The van der Waals surface area contributed by atoms with Gasteiger partial charge in [-0.2, -0.15) is 5.10 Å². The molecule has 0 spiro atoms. The predicted molar refractivity (Wildman–Crippen MR) is 80.9 cm³/mol. The molecular formula is C16H22N4. The molecule has 4 heteroatoms. The van der Waals surface area contributed by atoms with Crippen LogP contribution in [0.1, 0.15) is 44.0 Å². The second-order valence-electron chi connectivity index (χ2n) is 5.92. The topological polar surface area (TPSA) is 42.7 Å². The lowest BCUT2D eigenvalue weighted by Gasteiger charge is -2.25. The van der Waals surface area contributed by atoms with Crippen molar-refractivity contribution in [2.45, 2.75) is 39.2 Å². The first-order valence-corrected chi connectivity index (χ1v) is 7.46. The summed E-state index contributed by atoms with van der Waals surface area (Å²) >= 11 is 0. The zero-order valence-electron chi connectivity index (χ0n) is 12.2. The third-order valence-electron chi connectivity index (χ3n) is 3.85. The normalized spacial score (nSPS) is 17.9. The Balaban J connectivity index is 1.85. The Labute approximate surface area is 120 Å². The van der Waals surface area contributed by atoms with Crippen LogP contribution in [0.5, 0.6) is 0 Å². The number of nitrogens with one attached hydrogen (secondary N) is 1. The fraction of sp³-hybridized carbons (Fsp3) is 0.500. The summed E-state index contributed by atoms with van der Waals surface area (Å²) in [5.74, 6) is 1.86. The summed E-state index contributed by atoms with van der Waals surface area (Å²) < 4.78 is 2.14. The third-order valence-corrected chi connectivity index (χ3v) is 3.85. The van der Waals surface area contributed by atoms with E-state index in [1.807, 2.05) is 18.5 Å². The van der Waals surface area contributed by atoms with Crippen LogP contribution in [-0.2, 0) is 6.42 Å². The molecule has 1 unspecified atom stereocenters. The van der Waals surface area contributed by atoms with Gasteiger partial charge in [-0.1, -0.05) is 19.9 Å². The Morgan fingerprint density at radius 3 is 3.10 bits per heavy atom. The molecule has 106 valence electrons. The van der Waals surface area contributed by atoms with E-state index in [-0.39, 0.29) is 0 Å². The van der Waals surface area contributed by atoms with Crippen molar-refractivity contribution in [1.82, 2.24) is 14.8 Å². The van der Waals surface area contributed by atoms with E-state index < -0.39 is 0 Å². The van der Waals surface area contributed by atoms with Crippen LogP contribution in [0.15, 0.2) is 30.6 Å². The molecule has 0 aromatic carbocycles. The van der Waals surface area contributed by atoms with Crippen LogP contribution >= 0.6 is 0 Å². The Hall–Kier alpha value is -1.84. The van der Waals surface area contributed by atoms with Gasteiger partial charge < -0.3 is 5.32 Å². The summed E-state index contributed by atoms with van der Waals surface area (Å²) in [4.78, 5) is 4.24. The molecule has 2 aromatic rings. The van der Waals surface area contributed by atoms with Crippen molar-refractivity contribution in [2.24, 2.45) is 5.92 Å². The van der Waals surface area contributed by atoms with E-state index in [0.717, 1.165) is 31.1 Å². The number of aromatic nitrogens is 3. The van der Waals surface area contributed by atoms with Gasteiger partial charge in [-0.05, 0) is 36.8 Å². The molecule has 3 rings (SSSR count). The number of pyridine rings is 1. The second kappa shape index (κ2) is 5.65. The summed E-state index contributed by atoms with van der Waals surface area (Å²) in [5.41, 5.74) is 2.44. The van der Waals surface area contributed by atoms with Crippen LogP contribution in [0.3, 0.4) is 0 Å². The summed E-state index contributed by atoms with van der Waals surface area (Å²) in [6.07, 6.45) is 7.08. The van der Waals surface area contributed by atoms with Gasteiger partial charge in [-0.3, -0.25) is 4.98 Å². The molecule has 1 aliphatic heterocycles. The van der Waals surface area contributed by atoms with Crippen LogP contribution in [0.25, 0.3) is 0 Å². The number of hydrogen-bond donors (Lipinski definition) is 1. The molecular weight excluding hydrogens is 248 g/mol. The molecule has 0 fully saturated rings. The molecule has 0 amide bonds. The Morgan fingerprint density at radius 2 is 2.35 bits per heavy atom. The van der Waals surface area contributed by atoms with Crippen LogP contribution in [0.2, 0.25) is 0 Å². The van der Waals surface area contributed by atoms with E-state index in [0.29, 0.717) is 6.04 Å². The number of anilines is 1. The van der Waals surface area contributed by atoms with Gasteiger partial charge in [0.15, 0.2) is 0 Å². The molecule has 0 aliphatic carbocycles. The van der Waals surface area contributed by atoms with Gasteiger partial charge in [-0.25, -0.2) is 4.68 Å². The highest BCUT2D eigenvalue weighted by Crippen LogP contribution is 2.29. The van der Waals surface area contributed by atoms with Crippen molar-refractivity contribution in [1.29, 1.82) is 0 Å². The van der Waals surface area contributed by atoms with Crippen molar-refractivity contribution in [3.05, 3.63) is 41.9 Å². The number of nitrogens with zero attached hydrogens (tertiary/aromatic N) is 3. The van der Waals surface area contributed by atoms with E-state index in [2.05, 4.69) is 41.0 Å². The highest BCUT2D eigenvalue weighted by atomic mass is 15.4. The minimum absolute atomic E-state index is 0.313. The monoisotopic (exact) mass is 270 g/mol. The molecule has 20 heavy (non-hydrogen) atoms. The lowest BCUT2D eigenvalue weighted by molar-refractivity contribution is 0.474. The van der Waals surface area contributed by atoms with Crippen molar-refractivity contribution in [2.75, 3.05) is 11.9 Å². The molecule has 1 N–H and O–H groups in total. The predicted octanol–water partition coefficient (Wildman–Crippen LogP) is 3.27. The highest BCUT2D eigenvalue weighted by molar-refractivity contribution is 5.41. The van der Waals surface area contributed by atoms with Crippen LogP contribution in [0, 0.1) is 5.92 Å². The average Bonchev–Trinajstić information content (AvgIpc) is 2.89. The molecule has 0 saturated carbocycles. The van der Waals surface area contributed by atoms with Crippen molar-refractivity contribution in [3.63, 3.8) is 0 Å². The number of hydrogen-bond acceptors (Lipinski definition) is 3. The van der Waals surface area contributed by atoms with Crippen molar-refractivity contribution in [3.8, 4) is 0 Å². The van der Waals surface area contributed by atoms with Crippen molar-refractivity contribution < 1.29 is 0 Å². The molecule has 0 bridgehead atoms. The van der Waals surface area contributed by atoms with E-state index in [1.165, 1.54) is 17.7 Å². The van der Waals surface area contributed by atoms with E-state index in [1.54, 1.807) is 0 Å². The van der Waals surface area contributed by atoms with E-state index in [4.69, 9.17) is 5.10 Å². The number of rotatable bonds is 4. The van der Waals surface area contributed by atoms with Gasteiger partial charge in [-0.15, -0.1) is 0 Å². The zero-order chi connectivity index (χ0) is 13.9. The van der Waals surface area contributed by atoms with Gasteiger partial charge in [0.05, 0.1) is 11.7 Å². The van der Waals surface area contributed by atoms with Gasteiger partial charge in [0, 0.05) is 25.0 Å². The molecule has 3 heterocycles. The van der Waals surface area contributed by atoms with E-state index >= 15 is 0 Å². The van der Waals surface area contributed by atoms with Gasteiger partial charge in [0.1, 0.15) is 5.82 Å². The minimum Gasteiger partial charge on any atom is -0.370 e. The Morgan fingerprint density at radius 1 is 1.45 bits per heavy atom. The van der Waals surface area contributed by atoms with Crippen LogP contribution in [-0.4, -0.2) is 21.3 Å². The fourth-order valence-corrected chi connectivity index (χ4v) is 2.71. The van der Waals surface area contributed by atoms with E-state index in [9.17, 15) is 0 Å². The molecule has 2 aromatic heterocycles. The third kappa shape index (κ3) is 2.69. The quantitative estimate of drug-likeness (QED) is 0.927. The van der Waals surface area contributed by atoms with Crippen molar-refractivity contribution >= 4 is 5.82 Å². The molecule has 1 aliphatic rings. The summed E-state index contributed by atoms with van der Waals surface area (Å²) in [6.45, 7) is 5.51. The molecule has 0 saturated heterocycles. The highest BCUT2D eigenvalue weighted by Gasteiger charge is 2.23. The molecule has 4 nitrogen and oxygen atoms in total. The minimum atomic E-state index is 0.313. The van der Waals surface area contributed by atoms with Gasteiger partial charge in [0.2, 0.25) is 0 Å². The first-order valence-electron chi connectivity index (χ1n) is 7.46. The Bertz CT molecular complexity index is 559. The fourth-order valence-electron chi connectivity index (χ4n) is 2.71. The summed E-state index contributed by atoms with van der Waals surface area (Å²) in [6, 6.07) is 6.65. The first kappa shape index (κ1) is 13.2. The van der Waals surface area contributed by atoms with Crippen LogP contribution in [0.4, 0.5) is 5.82 Å². The zero-order valence-corrected chi connectivity index (χ0v) is 12.2. The largest absolute Gasteiger partial charge is 0.370 e. The molecule has 1 atom stereocenters. The average molecular weight is 270 g/mol. The summed E-state index contributed by atoms with van der Waals surface area (Å²) in [7, 11) is 0. The lowest BCUT2D eigenvalue weighted by atomic mass is 10.0. The Kier molecular flexibility index (Phi) is 3.72. The number of fused-ring (bicyclic) bond motifs is 1. The SMILES string of the molecule is CC(C)CCc1cc2n(n1)C(c1cccnc1)CCN2. The number of aryl methyl sites for hydroxylation is 1. The van der Waals surface area contributed by atoms with Crippen LogP contribution < -0.4 is 5.32 Å². The summed E-state index contributed by atoms with van der Waals surface area (Å²) in [5, 5.41) is 8.26. The lowest BCUT2D eigenvalue weighted by Crippen LogP contribution is -2.24.